The molecule has 1 heterocycles. The van der Waals surface area contributed by atoms with Crippen LogP contribution in [0.25, 0.3) is 0 Å². The molecule has 0 spiro atoms. The summed E-state index contributed by atoms with van der Waals surface area (Å²) < 4.78 is 25.6. The lowest BCUT2D eigenvalue weighted by Crippen LogP contribution is -2.30. The van der Waals surface area contributed by atoms with Crippen LogP contribution >= 0.6 is 11.6 Å². The highest BCUT2D eigenvalue weighted by Gasteiger charge is 2.28. The number of carbonyl (C=O) groups is 1. The van der Waals surface area contributed by atoms with Crippen molar-refractivity contribution in [3.05, 3.63) is 58.6 Å². The van der Waals surface area contributed by atoms with Gasteiger partial charge in [0.05, 0.1) is 11.4 Å². The minimum absolute atomic E-state index is 0.0590. The van der Waals surface area contributed by atoms with Crippen LogP contribution in [0.3, 0.4) is 0 Å². The molecule has 126 valence electrons. The van der Waals surface area contributed by atoms with Gasteiger partial charge in [0.2, 0.25) is 10.0 Å². The van der Waals surface area contributed by atoms with Gasteiger partial charge in [-0.15, -0.1) is 0 Å². The van der Waals surface area contributed by atoms with E-state index < -0.39 is 10.0 Å². The summed E-state index contributed by atoms with van der Waals surface area (Å²) in [5, 5.41) is 3.33. The fraction of sp³-hybridized carbons (Fsp3) is 0.235. The molecule has 0 saturated carbocycles. The Morgan fingerprint density at radius 2 is 2.04 bits per heavy atom. The Morgan fingerprint density at radius 1 is 1.25 bits per heavy atom. The van der Waals surface area contributed by atoms with Crippen molar-refractivity contribution in [1.82, 2.24) is 0 Å². The molecule has 1 N–H and O–H groups in total. The van der Waals surface area contributed by atoms with Crippen LogP contribution < -0.4 is 9.62 Å². The number of hydrogen-bond acceptors (Lipinski definition) is 3. The molecule has 0 fully saturated rings. The Bertz CT molecular complexity index is 896. The average Bonchev–Trinajstić information content (AvgIpc) is 2.98. The second-order valence-electron chi connectivity index (χ2n) is 5.53. The second-order valence-corrected chi connectivity index (χ2v) is 8.15. The van der Waals surface area contributed by atoms with Crippen LogP contribution in [0.5, 0.6) is 0 Å². The van der Waals surface area contributed by atoms with E-state index in [4.69, 9.17) is 11.6 Å². The molecule has 1 amide bonds. The molecule has 2 aromatic carbocycles. The first kappa shape index (κ1) is 16.8. The fourth-order valence-electron chi connectivity index (χ4n) is 2.73. The average molecular weight is 365 g/mol. The lowest BCUT2D eigenvalue weighted by atomic mass is 10.1. The van der Waals surface area contributed by atoms with Crippen molar-refractivity contribution in [2.45, 2.75) is 13.3 Å². The Hall–Kier alpha value is -2.05. The molecule has 0 bridgehead atoms. The van der Waals surface area contributed by atoms with Crippen molar-refractivity contribution in [2.75, 3.05) is 21.9 Å². The quantitative estimate of drug-likeness (QED) is 0.905. The summed E-state index contributed by atoms with van der Waals surface area (Å²) in [6, 6.07) is 12.0. The van der Waals surface area contributed by atoms with Crippen molar-refractivity contribution >= 4 is 38.9 Å². The van der Waals surface area contributed by atoms with Crippen LogP contribution in [0.4, 0.5) is 11.4 Å². The molecule has 0 unspecified atom stereocenters. The van der Waals surface area contributed by atoms with Gasteiger partial charge in [-0.2, -0.15) is 0 Å². The van der Waals surface area contributed by atoms with E-state index in [1.807, 2.05) is 0 Å². The third-order valence-corrected chi connectivity index (χ3v) is 5.99. The standard InChI is InChI=1S/C17H17ClN2O3S/c1-2-24(22,23)20-9-8-12-10-13(6-7-16(12)20)17(21)19-15-5-3-4-14(18)11-15/h3-7,10-11H,2,8-9H2,1H3,(H,19,21). The Labute approximate surface area is 146 Å². The number of benzene rings is 2. The molecular weight excluding hydrogens is 348 g/mol. The molecule has 7 heteroatoms. The second kappa shape index (κ2) is 6.45. The monoisotopic (exact) mass is 364 g/mol. The van der Waals surface area contributed by atoms with Gasteiger partial charge in [0.1, 0.15) is 0 Å². The molecule has 2 aromatic rings. The molecule has 0 aliphatic carbocycles. The normalized spacial score (nSPS) is 13.7. The molecule has 5 nitrogen and oxygen atoms in total. The van der Waals surface area contributed by atoms with Crippen molar-refractivity contribution in [1.29, 1.82) is 0 Å². The minimum Gasteiger partial charge on any atom is -0.322 e. The van der Waals surface area contributed by atoms with Crippen LogP contribution in [0.15, 0.2) is 42.5 Å². The Kier molecular flexibility index (Phi) is 4.51. The smallest absolute Gasteiger partial charge is 0.255 e. The number of carbonyl (C=O) groups excluding carboxylic acids is 1. The van der Waals surface area contributed by atoms with E-state index in [9.17, 15) is 13.2 Å². The Morgan fingerprint density at radius 3 is 2.75 bits per heavy atom. The van der Waals surface area contributed by atoms with Crippen LogP contribution in [0.2, 0.25) is 5.02 Å². The first-order chi connectivity index (χ1) is 11.4. The summed E-state index contributed by atoms with van der Waals surface area (Å²) in [4.78, 5) is 12.4. The van der Waals surface area contributed by atoms with Gasteiger partial charge in [0.25, 0.3) is 5.91 Å². The molecule has 0 radical (unpaired) electrons. The van der Waals surface area contributed by atoms with Gasteiger partial charge in [0.15, 0.2) is 0 Å². The van der Waals surface area contributed by atoms with E-state index >= 15 is 0 Å². The SMILES string of the molecule is CCS(=O)(=O)N1CCc2cc(C(=O)Nc3cccc(Cl)c3)ccc21. The van der Waals surface area contributed by atoms with E-state index in [0.29, 0.717) is 34.9 Å². The highest BCUT2D eigenvalue weighted by Crippen LogP contribution is 2.31. The zero-order valence-electron chi connectivity index (χ0n) is 13.1. The number of hydrogen-bond donors (Lipinski definition) is 1. The maximum Gasteiger partial charge on any atom is 0.255 e. The number of sulfonamides is 1. The molecule has 1 aliphatic heterocycles. The lowest BCUT2D eigenvalue weighted by Gasteiger charge is -2.18. The fourth-order valence-corrected chi connectivity index (χ4v) is 4.08. The number of halogens is 1. The summed E-state index contributed by atoms with van der Waals surface area (Å²) in [5.41, 5.74) is 2.63. The lowest BCUT2D eigenvalue weighted by molar-refractivity contribution is 0.102. The van der Waals surface area contributed by atoms with E-state index in [1.165, 1.54) is 4.31 Å². The third-order valence-electron chi connectivity index (χ3n) is 3.98. The van der Waals surface area contributed by atoms with Crippen LogP contribution in [0, 0.1) is 0 Å². The highest BCUT2D eigenvalue weighted by atomic mass is 35.5. The summed E-state index contributed by atoms with van der Waals surface area (Å²) in [6.07, 6.45) is 0.604. The number of nitrogens with one attached hydrogen (secondary N) is 1. The topological polar surface area (TPSA) is 66.5 Å². The van der Waals surface area contributed by atoms with Gasteiger partial charge >= 0.3 is 0 Å². The van der Waals surface area contributed by atoms with Gasteiger partial charge < -0.3 is 5.32 Å². The number of amides is 1. The molecule has 0 atom stereocenters. The molecule has 1 aliphatic rings. The predicted molar refractivity (Wildman–Crippen MR) is 96.4 cm³/mol. The molecule has 0 saturated heterocycles. The summed E-state index contributed by atoms with van der Waals surface area (Å²) in [7, 11) is -3.28. The first-order valence-corrected chi connectivity index (χ1v) is 9.59. The Balaban J connectivity index is 1.83. The molecule has 0 aromatic heterocycles. The van der Waals surface area contributed by atoms with Gasteiger partial charge in [-0.05, 0) is 55.3 Å². The highest BCUT2D eigenvalue weighted by molar-refractivity contribution is 7.92. The number of nitrogens with zero attached hydrogens (tertiary/aromatic N) is 1. The minimum atomic E-state index is -3.28. The number of rotatable bonds is 4. The molecule has 3 rings (SSSR count). The first-order valence-electron chi connectivity index (χ1n) is 7.61. The van der Waals surface area contributed by atoms with Crippen LogP contribution in [-0.4, -0.2) is 26.6 Å². The number of anilines is 2. The van der Waals surface area contributed by atoms with Crippen molar-refractivity contribution in [3.8, 4) is 0 Å². The summed E-state index contributed by atoms with van der Waals surface area (Å²) >= 11 is 5.91. The van der Waals surface area contributed by atoms with E-state index in [-0.39, 0.29) is 11.7 Å². The van der Waals surface area contributed by atoms with Crippen LogP contribution in [0.1, 0.15) is 22.8 Å². The zero-order valence-corrected chi connectivity index (χ0v) is 14.7. The van der Waals surface area contributed by atoms with Gasteiger partial charge in [0, 0.05) is 22.8 Å². The van der Waals surface area contributed by atoms with Crippen molar-refractivity contribution in [3.63, 3.8) is 0 Å². The van der Waals surface area contributed by atoms with E-state index in [0.717, 1.165) is 5.56 Å². The number of fused-ring (bicyclic) bond motifs is 1. The van der Waals surface area contributed by atoms with Gasteiger partial charge in [-0.3, -0.25) is 9.10 Å². The maximum atomic E-state index is 12.4. The van der Waals surface area contributed by atoms with Crippen LogP contribution in [-0.2, 0) is 16.4 Å². The predicted octanol–water partition coefficient (Wildman–Crippen LogP) is 3.30. The molecule has 24 heavy (non-hydrogen) atoms. The van der Waals surface area contributed by atoms with Crippen molar-refractivity contribution in [2.24, 2.45) is 0 Å². The van der Waals surface area contributed by atoms with Gasteiger partial charge in [-0.1, -0.05) is 17.7 Å². The van der Waals surface area contributed by atoms with E-state index in [2.05, 4.69) is 5.32 Å². The third kappa shape index (κ3) is 3.25. The maximum absolute atomic E-state index is 12.4. The van der Waals surface area contributed by atoms with E-state index in [1.54, 1.807) is 49.4 Å². The summed E-state index contributed by atoms with van der Waals surface area (Å²) in [6.45, 7) is 2.05. The molecular formula is C17H17ClN2O3S. The summed E-state index contributed by atoms with van der Waals surface area (Å²) in [5.74, 6) is -0.194. The largest absolute Gasteiger partial charge is 0.322 e. The van der Waals surface area contributed by atoms with Gasteiger partial charge in [-0.25, -0.2) is 8.42 Å². The van der Waals surface area contributed by atoms with Crippen molar-refractivity contribution < 1.29 is 13.2 Å². The zero-order chi connectivity index (χ0) is 17.3.